The molecule has 0 saturated carbocycles. The van der Waals surface area contributed by atoms with Crippen molar-refractivity contribution in [2.24, 2.45) is 0 Å². The van der Waals surface area contributed by atoms with Crippen molar-refractivity contribution in [1.82, 2.24) is 5.32 Å². The van der Waals surface area contributed by atoms with Crippen molar-refractivity contribution >= 4 is 17.5 Å². The lowest BCUT2D eigenvalue weighted by Crippen LogP contribution is -2.46. The highest BCUT2D eigenvalue weighted by atomic mass is 35.5. The van der Waals surface area contributed by atoms with Gasteiger partial charge in [-0.2, -0.15) is 0 Å². The van der Waals surface area contributed by atoms with E-state index in [1.807, 2.05) is 30.3 Å². The number of amides is 1. The fourth-order valence-electron chi connectivity index (χ4n) is 3.43. The number of halogens is 1. The normalized spacial score (nSPS) is 18.4. The molecule has 0 saturated heterocycles. The van der Waals surface area contributed by atoms with Crippen molar-refractivity contribution in [3.63, 3.8) is 0 Å². The van der Waals surface area contributed by atoms with Gasteiger partial charge in [-0.25, -0.2) is 0 Å². The van der Waals surface area contributed by atoms with Gasteiger partial charge in [0.2, 0.25) is 0 Å². The largest absolute Gasteiger partial charge is 0.493 e. The number of carbonyl (C=O) groups is 1. The molecule has 2 aromatic rings. The molecule has 1 atom stereocenters. The molecule has 150 valence electrons. The fraction of sp³-hybridized carbons (Fsp3) is 0.409. The standard InChI is InChI=1S/C22H26ClNO4/c1-21(2,13-25)24-20(26)15-9-16-12-22(3,28-19(16)18(10-15)27-4)11-14-5-7-17(23)8-6-14/h5-10,25H,11-13H2,1-4H3,(H,24,26)/t22-/m0/s1. The Bertz CT molecular complexity index is 879. The van der Waals surface area contributed by atoms with Crippen molar-refractivity contribution in [3.8, 4) is 11.5 Å². The van der Waals surface area contributed by atoms with E-state index in [0.29, 0.717) is 34.9 Å². The molecule has 0 bridgehead atoms. The molecule has 1 aliphatic rings. The molecule has 28 heavy (non-hydrogen) atoms. The number of aliphatic hydroxyl groups excluding tert-OH is 1. The van der Waals surface area contributed by atoms with Crippen molar-refractivity contribution in [3.05, 3.63) is 58.1 Å². The van der Waals surface area contributed by atoms with Gasteiger partial charge in [-0.1, -0.05) is 23.7 Å². The summed E-state index contributed by atoms with van der Waals surface area (Å²) in [6, 6.07) is 11.2. The summed E-state index contributed by atoms with van der Waals surface area (Å²) in [6.07, 6.45) is 1.37. The number of ether oxygens (including phenoxy) is 2. The van der Waals surface area contributed by atoms with Gasteiger partial charge in [0.05, 0.1) is 19.3 Å². The third-order valence-corrected chi connectivity index (χ3v) is 5.12. The number of rotatable bonds is 6. The zero-order valence-electron chi connectivity index (χ0n) is 16.6. The fourth-order valence-corrected chi connectivity index (χ4v) is 3.55. The third-order valence-electron chi connectivity index (χ3n) is 4.87. The Morgan fingerprint density at radius 1 is 1.32 bits per heavy atom. The molecular formula is C22H26ClNO4. The molecule has 1 aliphatic heterocycles. The van der Waals surface area contributed by atoms with Crippen LogP contribution in [0.5, 0.6) is 11.5 Å². The van der Waals surface area contributed by atoms with E-state index in [1.54, 1.807) is 27.0 Å². The number of hydrogen-bond donors (Lipinski definition) is 2. The van der Waals surface area contributed by atoms with E-state index in [1.165, 1.54) is 0 Å². The van der Waals surface area contributed by atoms with Gasteiger partial charge >= 0.3 is 0 Å². The number of aliphatic hydroxyl groups is 1. The minimum atomic E-state index is -0.705. The van der Waals surface area contributed by atoms with Crippen LogP contribution in [-0.2, 0) is 12.8 Å². The van der Waals surface area contributed by atoms with Crippen molar-refractivity contribution in [2.75, 3.05) is 13.7 Å². The monoisotopic (exact) mass is 403 g/mol. The number of methoxy groups -OCH3 is 1. The lowest BCUT2D eigenvalue weighted by atomic mass is 9.91. The van der Waals surface area contributed by atoms with Crippen LogP contribution in [-0.4, -0.2) is 35.9 Å². The topological polar surface area (TPSA) is 67.8 Å². The average molecular weight is 404 g/mol. The second kappa shape index (κ2) is 7.64. The van der Waals surface area contributed by atoms with Crippen LogP contribution in [0.4, 0.5) is 0 Å². The molecule has 0 aromatic heterocycles. The summed E-state index contributed by atoms with van der Waals surface area (Å²) in [7, 11) is 1.56. The minimum absolute atomic E-state index is 0.150. The highest BCUT2D eigenvalue weighted by Crippen LogP contribution is 2.44. The Morgan fingerprint density at radius 3 is 2.61 bits per heavy atom. The van der Waals surface area contributed by atoms with Gasteiger partial charge in [0.25, 0.3) is 5.91 Å². The van der Waals surface area contributed by atoms with Crippen molar-refractivity contribution in [2.45, 2.75) is 44.8 Å². The van der Waals surface area contributed by atoms with Gasteiger partial charge in [-0.15, -0.1) is 0 Å². The second-order valence-corrected chi connectivity index (χ2v) is 8.63. The Hall–Kier alpha value is -2.24. The van der Waals surface area contributed by atoms with E-state index in [-0.39, 0.29) is 12.5 Å². The molecule has 0 radical (unpaired) electrons. The van der Waals surface area contributed by atoms with Gasteiger partial charge in [0.1, 0.15) is 5.60 Å². The van der Waals surface area contributed by atoms with Crippen molar-refractivity contribution in [1.29, 1.82) is 0 Å². The molecule has 2 N–H and O–H groups in total. The van der Waals surface area contributed by atoms with Crippen LogP contribution in [0.3, 0.4) is 0 Å². The molecule has 0 fully saturated rings. The summed E-state index contributed by atoms with van der Waals surface area (Å²) in [4.78, 5) is 12.6. The SMILES string of the molecule is COc1cc(C(=O)NC(C)(C)CO)cc2c1O[C@@](C)(Cc1ccc(Cl)cc1)C2. The molecule has 3 rings (SSSR count). The number of carbonyl (C=O) groups excluding carboxylic acids is 1. The van der Waals surface area contributed by atoms with Crippen LogP contribution < -0.4 is 14.8 Å². The van der Waals surface area contributed by atoms with Crippen LogP contribution in [0, 0.1) is 0 Å². The zero-order chi connectivity index (χ0) is 20.5. The van der Waals surface area contributed by atoms with Gasteiger partial charge in [-0.05, 0) is 50.6 Å². The lowest BCUT2D eigenvalue weighted by Gasteiger charge is -2.24. The Morgan fingerprint density at radius 2 is 2.00 bits per heavy atom. The van der Waals surface area contributed by atoms with Crippen LogP contribution in [0.15, 0.2) is 36.4 Å². The molecule has 0 aliphatic carbocycles. The quantitative estimate of drug-likeness (QED) is 0.770. The second-order valence-electron chi connectivity index (χ2n) is 8.19. The van der Waals surface area contributed by atoms with Crippen molar-refractivity contribution < 1.29 is 19.4 Å². The number of hydrogen-bond acceptors (Lipinski definition) is 4. The van der Waals surface area contributed by atoms with Gasteiger partial charge in [-0.3, -0.25) is 4.79 Å². The van der Waals surface area contributed by atoms with Gasteiger partial charge in [0, 0.05) is 29.0 Å². The smallest absolute Gasteiger partial charge is 0.251 e. The summed E-state index contributed by atoms with van der Waals surface area (Å²) in [5.41, 5.74) is 1.40. The maximum atomic E-state index is 12.6. The van der Waals surface area contributed by atoms with E-state index < -0.39 is 11.1 Å². The van der Waals surface area contributed by atoms with E-state index in [9.17, 15) is 9.90 Å². The Balaban J connectivity index is 1.85. The number of fused-ring (bicyclic) bond motifs is 1. The van der Waals surface area contributed by atoms with Gasteiger partial charge in [0.15, 0.2) is 11.5 Å². The molecule has 1 heterocycles. The first-order valence-electron chi connectivity index (χ1n) is 9.22. The number of nitrogens with one attached hydrogen (secondary N) is 1. The van der Waals surface area contributed by atoms with Crippen LogP contribution in [0.25, 0.3) is 0 Å². The molecule has 5 nitrogen and oxygen atoms in total. The third kappa shape index (κ3) is 4.42. The predicted octanol–water partition coefficient (Wildman–Crippen LogP) is 3.79. The first-order chi connectivity index (χ1) is 13.1. The highest BCUT2D eigenvalue weighted by Gasteiger charge is 2.38. The maximum Gasteiger partial charge on any atom is 0.251 e. The Kier molecular flexibility index (Phi) is 5.60. The molecule has 0 spiro atoms. The van der Waals surface area contributed by atoms with E-state index in [0.717, 1.165) is 11.1 Å². The van der Waals surface area contributed by atoms with E-state index in [2.05, 4.69) is 12.2 Å². The average Bonchev–Trinajstić information content (AvgIpc) is 2.98. The zero-order valence-corrected chi connectivity index (χ0v) is 17.4. The van der Waals surface area contributed by atoms with E-state index in [4.69, 9.17) is 21.1 Å². The molecular weight excluding hydrogens is 378 g/mol. The summed E-state index contributed by atoms with van der Waals surface area (Å²) in [6.45, 7) is 5.43. The first kappa shape index (κ1) is 20.5. The van der Waals surface area contributed by atoms with Crippen LogP contribution in [0.1, 0.15) is 42.3 Å². The maximum absolute atomic E-state index is 12.6. The summed E-state index contributed by atoms with van der Waals surface area (Å²) in [5.74, 6) is 0.952. The first-order valence-corrected chi connectivity index (χ1v) is 9.60. The number of benzene rings is 2. The summed E-state index contributed by atoms with van der Waals surface area (Å²) >= 11 is 5.98. The predicted molar refractivity (Wildman–Crippen MR) is 110 cm³/mol. The summed E-state index contributed by atoms with van der Waals surface area (Å²) < 4.78 is 11.8. The van der Waals surface area contributed by atoms with Crippen LogP contribution >= 0.6 is 11.6 Å². The summed E-state index contributed by atoms with van der Waals surface area (Å²) in [5, 5.41) is 12.9. The lowest BCUT2D eigenvalue weighted by molar-refractivity contribution is 0.0869. The molecule has 1 amide bonds. The molecule has 6 heteroatoms. The minimum Gasteiger partial charge on any atom is -0.493 e. The van der Waals surface area contributed by atoms with Crippen LogP contribution in [0.2, 0.25) is 5.02 Å². The Labute approximate surface area is 170 Å². The molecule has 2 aromatic carbocycles. The van der Waals surface area contributed by atoms with E-state index >= 15 is 0 Å². The van der Waals surface area contributed by atoms with Gasteiger partial charge < -0.3 is 19.9 Å². The molecule has 0 unspecified atom stereocenters. The highest BCUT2D eigenvalue weighted by molar-refractivity contribution is 6.30.